The SMILES string of the molecule is Cc1ccc(N(C(=O)Nc2cc(Cl)cc(-c3cc(C(=O)Nc4cccc(N)c4)nc(Cl)c3F)c2)c2ccccn2)nc1. The molecule has 5 aromatic rings. The maximum Gasteiger partial charge on any atom is 0.333 e. The van der Waals surface area contributed by atoms with E-state index in [1.165, 1.54) is 29.2 Å². The highest BCUT2D eigenvalue weighted by Crippen LogP contribution is 2.33. The fourth-order valence-corrected chi connectivity index (χ4v) is 4.46. The van der Waals surface area contributed by atoms with Gasteiger partial charge in [-0.05, 0) is 78.7 Å². The fourth-order valence-electron chi connectivity index (χ4n) is 4.04. The summed E-state index contributed by atoms with van der Waals surface area (Å²) < 4.78 is 15.2. The lowest BCUT2D eigenvalue weighted by atomic mass is 10.0. The first kappa shape index (κ1) is 28.5. The number of rotatable bonds is 6. The molecule has 9 nitrogen and oxygen atoms in total. The van der Waals surface area contributed by atoms with Gasteiger partial charge in [-0.3, -0.25) is 4.79 Å². The zero-order valence-corrected chi connectivity index (χ0v) is 23.5. The lowest BCUT2D eigenvalue weighted by molar-refractivity contribution is 0.102. The van der Waals surface area contributed by atoms with Crippen LogP contribution in [0.25, 0.3) is 11.1 Å². The van der Waals surface area contributed by atoms with E-state index in [9.17, 15) is 9.59 Å². The van der Waals surface area contributed by atoms with Crippen molar-refractivity contribution < 1.29 is 14.0 Å². The van der Waals surface area contributed by atoms with Crippen molar-refractivity contribution in [2.24, 2.45) is 0 Å². The predicted octanol–water partition coefficient (Wildman–Crippen LogP) is 7.50. The Labute approximate surface area is 250 Å². The number of halogens is 3. The van der Waals surface area contributed by atoms with Crippen LogP contribution in [0.2, 0.25) is 10.2 Å². The number of nitrogen functional groups attached to an aromatic ring is 1. The zero-order chi connectivity index (χ0) is 29.8. The van der Waals surface area contributed by atoms with Gasteiger partial charge in [0.15, 0.2) is 11.0 Å². The molecule has 3 heterocycles. The number of nitrogens with two attached hydrogens (primary N) is 1. The average Bonchev–Trinajstić information content (AvgIpc) is 2.96. The van der Waals surface area contributed by atoms with Crippen molar-refractivity contribution in [3.05, 3.63) is 119 Å². The fraction of sp³-hybridized carbons (Fsp3) is 0.0333. The molecular formula is C30H22Cl2FN7O2. The van der Waals surface area contributed by atoms with Crippen LogP contribution in [-0.2, 0) is 0 Å². The predicted molar refractivity (Wildman–Crippen MR) is 163 cm³/mol. The van der Waals surface area contributed by atoms with Crippen LogP contribution >= 0.6 is 23.2 Å². The van der Waals surface area contributed by atoms with Gasteiger partial charge in [-0.15, -0.1) is 0 Å². The van der Waals surface area contributed by atoms with Crippen molar-refractivity contribution in [3.63, 3.8) is 0 Å². The molecule has 0 saturated heterocycles. The van der Waals surface area contributed by atoms with Crippen molar-refractivity contribution in [2.45, 2.75) is 6.92 Å². The Morgan fingerprint density at radius 2 is 1.69 bits per heavy atom. The summed E-state index contributed by atoms with van der Waals surface area (Å²) >= 11 is 12.5. The first-order valence-electron chi connectivity index (χ1n) is 12.5. The molecular weight excluding hydrogens is 580 g/mol. The number of nitrogens with one attached hydrogen (secondary N) is 2. The molecule has 0 fully saturated rings. The third-order valence-corrected chi connectivity index (χ3v) is 6.43. The Morgan fingerprint density at radius 1 is 0.881 bits per heavy atom. The molecule has 0 unspecified atom stereocenters. The molecule has 0 atom stereocenters. The highest BCUT2D eigenvalue weighted by molar-refractivity contribution is 6.31. The minimum atomic E-state index is -0.865. The number of aromatic nitrogens is 3. The number of nitrogens with zero attached hydrogens (tertiary/aromatic N) is 4. The standard InChI is InChI=1S/C30H22Cl2FN7O2/c1-17-8-9-26(36-16-17)40(25-7-2-3-10-35-25)30(42)38-22-12-18(11-19(31)13-22)23-15-24(39-28(32)27(23)33)29(41)37-21-6-4-5-20(34)14-21/h2-16H,34H2,1H3,(H,37,41)(H,38,42). The van der Waals surface area contributed by atoms with Gasteiger partial charge in [0.05, 0.1) is 0 Å². The van der Waals surface area contributed by atoms with Crippen molar-refractivity contribution >= 4 is 63.8 Å². The summed E-state index contributed by atoms with van der Waals surface area (Å²) in [5, 5.41) is 5.11. The second kappa shape index (κ2) is 12.2. The Hall–Kier alpha value is -5.06. The van der Waals surface area contributed by atoms with Gasteiger partial charge in [-0.1, -0.05) is 41.4 Å². The lowest BCUT2D eigenvalue weighted by Crippen LogP contribution is -2.32. The van der Waals surface area contributed by atoms with Gasteiger partial charge in [-0.25, -0.2) is 29.0 Å². The molecule has 0 aliphatic heterocycles. The molecule has 4 N–H and O–H groups in total. The quantitative estimate of drug-likeness (QED) is 0.137. The van der Waals surface area contributed by atoms with Gasteiger partial charge in [0, 0.05) is 40.0 Å². The van der Waals surface area contributed by atoms with Crippen LogP contribution in [-0.4, -0.2) is 26.9 Å². The van der Waals surface area contributed by atoms with Crippen LogP contribution < -0.4 is 21.3 Å². The lowest BCUT2D eigenvalue weighted by Gasteiger charge is -2.21. The molecule has 0 aliphatic rings. The Morgan fingerprint density at radius 3 is 2.40 bits per heavy atom. The summed E-state index contributed by atoms with van der Waals surface area (Å²) in [4.78, 5) is 40.3. The van der Waals surface area contributed by atoms with Crippen molar-refractivity contribution in [2.75, 3.05) is 21.3 Å². The van der Waals surface area contributed by atoms with Gasteiger partial charge in [0.25, 0.3) is 5.91 Å². The van der Waals surface area contributed by atoms with E-state index in [4.69, 9.17) is 28.9 Å². The number of pyridine rings is 3. The average molecular weight is 602 g/mol. The molecule has 3 amide bonds. The molecule has 12 heteroatoms. The van der Waals surface area contributed by atoms with Crippen LogP contribution in [0.4, 0.5) is 37.9 Å². The molecule has 0 radical (unpaired) electrons. The number of aryl methyl sites for hydroxylation is 1. The van der Waals surface area contributed by atoms with E-state index in [1.54, 1.807) is 60.9 Å². The van der Waals surface area contributed by atoms with Crippen LogP contribution in [0, 0.1) is 12.7 Å². The normalized spacial score (nSPS) is 10.7. The van der Waals surface area contributed by atoms with Crippen molar-refractivity contribution in [1.29, 1.82) is 0 Å². The van der Waals surface area contributed by atoms with Gasteiger partial charge < -0.3 is 16.4 Å². The Balaban J connectivity index is 1.47. The van der Waals surface area contributed by atoms with E-state index in [2.05, 4.69) is 25.6 Å². The summed E-state index contributed by atoms with van der Waals surface area (Å²) in [5.74, 6) is -0.829. The number of carbonyl (C=O) groups is 2. The topological polar surface area (TPSA) is 126 Å². The minimum Gasteiger partial charge on any atom is -0.399 e. The van der Waals surface area contributed by atoms with E-state index < -0.39 is 22.9 Å². The molecule has 42 heavy (non-hydrogen) atoms. The minimum absolute atomic E-state index is 0.0486. The Bertz CT molecular complexity index is 1790. The molecule has 5 rings (SSSR count). The van der Waals surface area contributed by atoms with E-state index in [1.807, 2.05) is 13.0 Å². The van der Waals surface area contributed by atoms with Crippen LogP contribution in [0.5, 0.6) is 0 Å². The van der Waals surface area contributed by atoms with Crippen LogP contribution in [0.3, 0.4) is 0 Å². The summed E-state index contributed by atoms with van der Waals surface area (Å²) in [5.41, 5.74) is 7.87. The second-order valence-corrected chi connectivity index (χ2v) is 9.91. The third kappa shape index (κ3) is 6.46. The number of benzene rings is 2. The van der Waals surface area contributed by atoms with Crippen LogP contribution in [0.1, 0.15) is 16.1 Å². The van der Waals surface area contributed by atoms with Gasteiger partial charge in [-0.2, -0.15) is 0 Å². The monoisotopic (exact) mass is 601 g/mol. The third-order valence-electron chi connectivity index (χ3n) is 5.96. The zero-order valence-electron chi connectivity index (χ0n) is 22.0. The largest absolute Gasteiger partial charge is 0.399 e. The summed E-state index contributed by atoms with van der Waals surface area (Å²) in [6, 6.07) is 20.3. The molecule has 210 valence electrons. The number of anilines is 5. The molecule has 0 aliphatic carbocycles. The van der Waals surface area contributed by atoms with Crippen molar-refractivity contribution in [3.8, 4) is 11.1 Å². The number of hydrogen-bond donors (Lipinski definition) is 3. The summed E-state index contributed by atoms with van der Waals surface area (Å²) in [6.45, 7) is 1.88. The van der Waals surface area contributed by atoms with E-state index in [0.29, 0.717) is 23.0 Å². The Kier molecular flexibility index (Phi) is 8.28. The highest BCUT2D eigenvalue weighted by atomic mass is 35.5. The molecule has 0 saturated carbocycles. The summed E-state index contributed by atoms with van der Waals surface area (Å²) in [7, 11) is 0. The second-order valence-electron chi connectivity index (χ2n) is 9.12. The van der Waals surface area contributed by atoms with Gasteiger partial charge >= 0.3 is 6.03 Å². The first-order valence-corrected chi connectivity index (χ1v) is 13.2. The molecule has 0 spiro atoms. The van der Waals surface area contributed by atoms with Crippen LogP contribution in [0.15, 0.2) is 91.3 Å². The van der Waals surface area contributed by atoms with E-state index in [-0.39, 0.29) is 27.5 Å². The maximum absolute atomic E-state index is 15.2. The van der Waals surface area contributed by atoms with Gasteiger partial charge in [0.2, 0.25) is 0 Å². The highest BCUT2D eigenvalue weighted by Gasteiger charge is 2.22. The number of carbonyl (C=O) groups excluding carboxylic acids is 2. The number of amides is 3. The molecule has 2 aromatic carbocycles. The first-order chi connectivity index (χ1) is 20.2. The summed E-state index contributed by atoms with van der Waals surface area (Å²) in [6.07, 6.45) is 3.18. The van der Waals surface area contributed by atoms with Gasteiger partial charge in [0.1, 0.15) is 17.3 Å². The maximum atomic E-state index is 15.2. The number of hydrogen-bond acceptors (Lipinski definition) is 6. The number of urea groups is 1. The molecule has 0 bridgehead atoms. The van der Waals surface area contributed by atoms with E-state index in [0.717, 1.165) is 5.56 Å². The van der Waals surface area contributed by atoms with E-state index >= 15 is 4.39 Å². The smallest absolute Gasteiger partial charge is 0.333 e. The van der Waals surface area contributed by atoms with Crippen molar-refractivity contribution in [1.82, 2.24) is 15.0 Å². The molecule has 3 aromatic heterocycles.